The fraction of sp³-hybridized carbons (Fsp3) is 0. The molecule has 3 rings (SSSR count). The van der Waals surface area contributed by atoms with E-state index in [1.54, 1.807) is 0 Å². The van der Waals surface area contributed by atoms with Gasteiger partial charge >= 0.3 is 0 Å². The molecule has 2 aromatic carbocycles. The number of fused-ring (bicyclic) bond motifs is 3. The smallest absolute Gasteiger partial charge is 0.185 e. The fourth-order valence-electron chi connectivity index (χ4n) is 1.56. The van der Waals surface area contributed by atoms with Crippen molar-refractivity contribution in [2.45, 2.75) is 0 Å². The predicted molar refractivity (Wildman–Crippen MR) is 51.4 cm³/mol. The van der Waals surface area contributed by atoms with Crippen LogP contribution in [0.1, 0.15) is 0 Å². The molecule has 0 aliphatic heterocycles. The van der Waals surface area contributed by atoms with Gasteiger partial charge in [0.05, 0.1) is 0 Å². The first kappa shape index (κ1) is 6.56. The highest BCUT2D eigenvalue weighted by Gasteiger charge is 2.02. The van der Waals surface area contributed by atoms with Crippen molar-refractivity contribution < 1.29 is 4.42 Å². The highest BCUT2D eigenvalue weighted by molar-refractivity contribution is 6.04. The Hall–Kier alpha value is -1.94. The molecule has 1 heterocycles. The molecule has 0 saturated heterocycles. The standard InChI is InChI=1S/C12H6O/c1-3-7-11-9(5-1)10-6-2-4-8-12(10)13-11/h1-3,5-7H. The number of benzene rings is 1. The highest BCUT2D eigenvalue weighted by Crippen LogP contribution is 2.26. The summed E-state index contributed by atoms with van der Waals surface area (Å²) in [7, 11) is 0. The van der Waals surface area contributed by atoms with Gasteiger partial charge in [0.2, 0.25) is 0 Å². The van der Waals surface area contributed by atoms with Crippen LogP contribution in [0, 0.1) is 12.1 Å². The molecule has 0 radical (unpaired) electrons. The summed E-state index contributed by atoms with van der Waals surface area (Å²) >= 11 is 0. The molecule has 0 N–H and O–H groups in total. The summed E-state index contributed by atoms with van der Waals surface area (Å²) in [4.78, 5) is 0. The SMILES string of the molecule is c1ccc2c(c#1)oc1ccccc12. The molecule has 1 heteroatoms. The normalized spacial score (nSPS) is 10.5. The quantitative estimate of drug-likeness (QED) is 0.500. The summed E-state index contributed by atoms with van der Waals surface area (Å²) in [5.74, 6) is 0. The van der Waals surface area contributed by atoms with Crippen LogP contribution in [0.3, 0.4) is 0 Å². The maximum absolute atomic E-state index is 5.57. The number of hydrogen-bond donors (Lipinski definition) is 0. The zero-order chi connectivity index (χ0) is 8.67. The first-order valence-corrected chi connectivity index (χ1v) is 4.15. The predicted octanol–water partition coefficient (Wildman–Crippen LogP) is 3.19. The summed E-state index contributed by atoms with van der Waals surface area (Å²) in [6.45, 7) is 0. The van der Waals surface area contributed by atoms with Crippen LogP contribution >= 0.6 is 0 Å². The van der Waals surface area contributed by atoms with Gasteiger partial charge in [0.1, 0.15) is 5.58 Å². The third kappa shape index (κ3) is 0.830. The van der Waals surface area contributed by atoms with Gasteiger partial charge in [0, 0.05) is 10.8 Å². The van der Waals surface area contributed by atoms with Crippen molar-refractivity contribution in [3.8, 4) is 0 Å². The Morgan fingerprint density at radius 2 is 1.92 bits per heavy atom. The monoisotopic (exact) mass is 166 g/mol. The molecule has 0 unspecified atom stereocenters. The maximum atomic E-state index is 5.57. The van der Waals surface area contributed by atoms with E-state index in [1.807, 2.05) is 30.3 Å². The summed E-state index contributed by atoms with van der Waals surface area (Å²) in [6, 6.07) is 17.7. The zero-order valence-corrected chi connectivity index (χ0v) is 6.87. The van der Waals surface area contributed by atoms with E-state index in [2.05, 4.69) is 18.2 Å². The number of furan rings is 1. The average molecular weight is 166 g/mol. The van der Waals surface area contributed by atoms with Crippen LogP contribution in [0.2, 0.25) is 0 Å². The van der Waals surface area contributed by atoms with E-state index in [4.69, 9.17) is 4.42 Å². The summed E-state index contributed by atoms with van der Waals surface area (Å²) < 4.78 is 5.57. The van der Waals surface area contributed by atoms with E-state index in [0.717, 1.165) is 21.9 Å². The second kappa shape index (κ2) is 2.27. The lowest BCUT2D eigenvalue weighted by Gasteiger charge is -1.83. The molecule has 0 bridgehead atoms. The van der Waals surface area contributed by atoms with Crippen LogP contribution in [0.4, 0.5) is 0 Å². The van der Waals surface area contributed by atoms with E-state index in [-0.39, 0.29) is 0 Å². The Labute approximate surface area is 75.6 Å². The first-order chi connectivity index (χ1) is 6.45. The third-order valence-electron chi connectivity index (χ3n) is 2.15. The van der Waals surface area contributed by atoms with Crippen molar-refractivity contribution >= 4 is 21.9 Å². The molecular formula is C12H6O. The Balaban J connectivity index is 2.64. The summed E-state index contributed by atoms with van der Waals surface area (Å²) in [5.41, 5.74) is 1.69. The molecule has 1 nitrogen and oxygen atoms in total. The summed E-state index contributed by atoms with van der Waals surface area (Å²) in [6.07, 6.45) is 0. The van der Waals surface area contributed by atoms with E-state index in [9.17, 15) is 0 Å². The van der Waals surface area contributed by atoms with Crippen molar-refractivity contribution in [3.63, 3.8) is 0 Å². The van der Waals surface area contributed by atoms with Gasteiger partial charge in [-0.3, -0.25) is 0 Å². The van der Waals surface area contributed by atoms with Crippen molar-refractivity contribution in [1.82, 2.24) is 0 Å². The Morgan fingerprint density at radius 1 is 1.00 bits per heavy atom. The molecule has 0 aliphatic carbocycles. The van der Waals surface area contributed by atoms with E-state index in [0.29, 0.717) is 0 Å². The maximum Gasteiger partial charge on any atom is 0.185 e. The molecule has 1 aromatic heterocycles. The zero-order valence-electron chi connectivity index (χ0n) is 6.87. The molecule has 13 heavy (non-hydrogen) atoms. The number of rotatable bonds is 0. The molecule has 0 amide bonds. The van der Waals surface area contributed by atoms with Crippen molar-refractivity contribution in [1.29, 1.82) is 0 Å². The molecule has 0 atom stereocenters. The minimum atomic E-state index is 0.781. The van der Waals surface area contributed by atoms with Crippen LogP contribution in [0.15, 0.2) is 40.8 Å². The van der Waals surface area contributed by atoms with Gasteiger partial charge in [0.15, 0.2) is 5.58 Å². The first-order valence-electron chi connectivity index (χ1n) is 4.15. The molecule has 0 spiro atoms. The second-order valence-corrected chi connectivity index (χ2v) is 2.94. The van der Waals surface area contributed by atoms with E-state index >= 15 is 0 Å². The lowest BCUT2D eigenvalue weighted by Crippen LogP contribution is -1.61. The van der Waals surface area contributed by atoms with Gasteiger partial charge in [-0.15, -0.1) is 0 Å². The van der Waals surface area contributed by atoms with Crippen molar-refractivity contribution in [3.05, 3.63) is 48.5 Å². The van der Waals surface area contributed by atoms with E-state index in [1.165, 1.54) is 0 Å². The Bertz CT molecular complexity index is 513. The van der Waals surface area contributed by atoms with Gasteiger partial charge in [-0.25, -0.2) is 0 Å². The van der Waals surface area contributed by atoms with E-state index < -0.39 is 0 Å². The number of para-hydroxylation sites is 1. The topological polar surface area (TPSA) is 13.1 Å². The van der Waals surface area contributed by atoms with Crippen molar-refractivity contribution in [2.75, 3.05) is 0 Å². The molecule has 0 saturated carbocycles. The Morgan fingerprint density at radius 3 is 2.92 bits per heavy atom. The van der Waals surface area contributed by atoms with Gasteiger partial charge in [-0.2, -0.15) is 0 Å². The van der Waals surface area contributed by atoms with Crippen LogP contribution in [0.5, 0.6) is 0 Å². The fourth-order valence-corrected chi connectivity index (χ4v) is 1.56. The lowest BCUT2D eigenvalue weighted by atomic mass is 10.2. The van der Waals surface area contributed by atoms with Crippen LogP contribution < -0.4 is 0 Å². The van der Waals surface area contributed by atoms with Gasteiger partial charge < -0.3 is 4.42 Å². The minimum Gasteiger partial charge on any atom is -0.447 e. The molecule has 0 fully saturated rings. The van der Waals surface area contributed by atoms with Crippen molar-refractivity contribution in [2.24, 2.45) is 0 Å². The summed E-state index contributed by atoms with van der Waals surface area (Å²) in [5, 5.41) is 2.25. The van der Waals surface area contributed by atoms with Crippen LogP contribution in [0.25, 0.3) is 21.9 Å². The Kier molecular flexibility index (Phi) is 1.15. The van der Waals surface area contributed by atoms with Gasteiger partial charge in [0.25, 0.3) is 0 Å². The molecular weight excluding hydrogens is 160 g/mol. The van der Waals surface area contributed by atoms with Gasteiger partial charge in [-0.05, 0) is 24.3 Å². The molecule has 0 aliphatic rings. The lowest BCUT2D eigenvalue weighted by molar-refractivity contribution is 0.669. The second-order valence-electron chi connectivity index (χ2n) is 2.94. The third-order valence-corrected chi connectivity index (χ3v) is 2.15. The molecule has 60 valence electrons. The highest BCUT2D eigenvalue weighted by atomic mass is 16.3. The van der Waals surface area contributed by atoms with Crippen LogP contribution in [-0.4, -0.2) is 0 Å². The van der Waals surface area contributed by atoms with Crippen LogP contribution in [-0.2, 0) is 0 Å². The largest absolute Gasteiger partial charge is 0.447 e. The van der Waals surface area contributed by atoms with Gasteiger partial charge in [-0.1, -0.05) is 24.3 Å². The minimum absolute atomic E-state index is 0.781. The number of hydrogen-bond acceptors (Lipinski definition) is 1. The molecule has 3 aromatic rings. The average Bonchev–Trinajstić information content (AvgIpc) is 2.56.